The molecule has 0 aliphatic heterocycles. The molecular formula is C12H20N2O2. The van der Waals surface area contributed by atoms with Crippen molar-refractivity contribution in [2.75, 3.05) is 6.54 Å². The highest BCUT2D eigenvalue weighted by Gasteiger charge is 2.10. The van der Waals surface area contributed by atoms with Gasteiger partial charge >= 0.3 is 0 Å². The van der Waals surface area contributed by atoms with Gasteiger partial charge in [-0.3, -0.25) is 4.79 Å². The fourth-order valence-electron chi connectivity index (χ4n) is 1.50. The van der Waals surface area contributed by atoms with Crippen molar-refractivity contribution >= 4 is 5.91 Å². The molecule has 1 N–H and O–H groups in total. The van der Waals surface area contributed by atoms with Crippen LogP contribution in [0.1, 0.15) is 37.3 Å². The highest BCUT2D eigenvalue weighted by molar-refractivity contribution is 5.76. The second kappa shape index (κ2) is 5.68. The van der Waals surface area contributed by atoms with Crippen LogP contribution < -0.4 is 5.32 Å². The first-order chi connectivity index (χ1) is 7.50. The molecule has 0 bridgehead atoms. The standard InChI is InChI=1S/C12H20N2O2/c1-8(2)7-13-12(15)6-5-11-9(3)14-16-10(11)4/h8H,5-7H2,1-4H3,(H,13,15). The second-order valence-electron chi connectivity index (χ2n) is 4.50. The Balaban J connectivity index is 2.37. The van der Waals surface area contributed by atoms with Crippen LogP contribution >= 0.6 is 0 Å². The van der Waals surface area contributed by atoms with Crippen LogP contribution in [0.15, 0.2) is 4.52 Å². The molecule has 0 spiro atoms. The van der Waals surface area contributed by atoms with Gasteiger partial charge in [-0.15, -0.1) is 0 Å². The van der Waals surface area contributed by atoms with E-state index in [2.05, 4.69) is 24.3 Å². The first-order valence-corrected chi connectivity index (χ1v) is 5.69. The van der Waals surface area contributed by atoms with Gasteiger partial charge in [0.15, 0.2) is 0 Å². The Hall–Kier alpha value is -1.32. The fourth-order valence-corrected chi connectivity index (χ4v) is 1.50. The molecule has 1 aromatic rings. The molecule has 0 radical (unpaired) electrons. The Bertz CT molecular complexity index is 336. The van der Waals surface area contributed by atoms with Gasteiger partial charge in [0.05, 0.1) is 5.69 Å². The van der Waals surface area contributed by atoms with E-state index in [1.165, 1.54) is 0 Å². The van der Waals surface area contributed by atoms with E-state index in [4.69, 9.17) is 4.52 Å². The zero-order valence-corrected chi connectivity index (χ0v) is 10.5. The molecule has 0 saturated heterocycles. The van der Waals surface area contributed by atoms with Crippen molar-refractivity contribution in [1.29, 1.82) is 0 Å². The molecule has 1 amide bonds. The summed E-state index contributed by atoms with van der Waals surface area (Å²) in [5.74, 6) is 1.39. The van der Waals surface area contributed by atoms with Crippen LogP contribution in [0.2, 0.25) is 0 Å². The van der Waals surface area contributed by atoms with Crippen LogP contribution in [0.3, 0.4) is 0 Å². The highest BCUT2D eigenvalue weighted by atomic mass is 16.5. The van der Waals surface area contributed by atoms with Gasteiger partial charge in [-0.25, -0.2) is 0 Å². The van der Waals surface area contributed by atoms with Crippen molar-refractivity contribution in [3.8, 4) is 0 Å². The first-order valence-electron chi connectivity index (χ1n) is 5.69. The maximum absolute atomic E-state index is 11.5. The van der Waals surface area contributed by atoms with Gasteiger partial charge < -0.3 is 9.84 Å². The molecule has 4 heteroatoms. The van der Waals surface area contributed by atoms with Crippen molar-refractivity contribution < 1.29 is 9.32 Å². The van der Waals surface area contributed by atoms with Crippen LogP contribution in [0, 0.1) is 19.8 Å². The molecule has 90 valence electrons. The van der Waals surface area contributed by atoms with Crippen LogP contribution in [-0.4, -0.2) is 17.6 Å². The number of aromatic nitrogens is 1. The number of nitrogens with one attached hydrogen (secondary N) is 1. The lowest BCUT2D eigenvalue weighted by atomic mass is 10.1. The van der Waals surface area contributed by atoms with E-state index in [-0.39, 0.29) is 5.91 Å². The predicted molar refractivity (Wildman–Crippen MR) is 62.1 cm³/mol. The predicted octanol–water partition coefficient (Wildman–Crippen LogP) is 2.00. The largest absolute Gasteiger partial charge is 0.361 e. The zero-order valence-electron chi connectivity index (χ0n) is 10.5. The Morgan fingerprint density at radius 3 is 2.62 bits per heavy atom. The number of nitrogens with zero attached hydrogens (tertiary/aromatic N) is 1. The third-order valence-electron chi connectivity index (χ3n) is 2.49. The third kappa shape index (κ3) is 3.68. The van der Waals surface area contributed by atoms with Crippen LogP contribution in [0.4, 0.5) is 0 Å². The normalized spacial score (nSPS) is 10.8. The number of aryl methyl sites for hydroxylation is 2. The molecule has 1 heterocycles. The highest BCUT2D eigenvalue weighted by Crippen LogP contribution is 2.14. The minimum Gasteiger partial charge on any atom is -0.361 e. The number of amides is 1. The maximum atomic E-state index is 11.5. The molecule has 4 nitrogen and oxygen atoms in total. The molecule has 1 aromatic heterocycles. The van der Waals surface area contributed by atoms with E-state index in [1.807, 2.05) is 13.8 Å². The fraction of sp³-hybridized carbons (Fsp3) is 0.667. The monoisotopic (exact) mass is 224 g/mol. The van der Waals surface area contributed by atoms with E-state index in [0.717, 1.165) is 23.6 Å². The van der Waals surface area contributed by atoms with Gasteiger partial charge in [-0.05, 0) is 26.2 Å². The summed E-state index contributed by atoms with van der Waals surface area (Å²) >= 11 is 0. The molecule has 0 aliphatic carbocycles. The molecule has 0 unspecified atom stereocenters. The van der Waals surface area contributed by atoms with Gasteiger partial charge in [0.25, 0.3) is 0 Å². The molecule has 1 rings (SSSR count). The average Bonchev–Trinajstić information content (AvgIpc) is 2.53. The third-order valence-corrected chi connectivity index (χ3v) is 2.49. The lowest BCUT2D eigenvalue weighted by Gasteiger charge is -2.07. The number of hydrogen-bond acceptors (Lipinski definition) is 3. The van der Waals surface area contributed by atoms with Gasteiger partial charge in [0, 0.05) is 18.5 Å². The Kier molecular flexibility index (Phi) is 4.52. The quantitative estimate of drug-likeness (QED) is 0.832. The molecule has 0 fully saturated rings. The molecule has 0 aliphatic rings. The molecule has 16 heavy (non-hydrogen) atoms. The summed E-state index contributed by atoms with van der Waals surface area (Å²) in [6, 6.07) is 0. The second-order valence-corrected chi connectivity index (χ2v) is 4.50. The summed E-state index contributed by atoms with van der Waals surface area (Å²) in [4.78, 5) is 11.5. The van der Waals surface area contributed by atoms with Crippen molar-refractivity contribution in [2.45, 2.75) is 40.5 Å². The van der Waals surface area contributed by atoms with Crippen LogP contribution in [-0.2, 0) is 11.2 Å². The van der Waals surface area contributed by atoms with E-state index in [9.17, 15) is 4.79 Å². The Labute approximate surface area is 96.4 Å². The Morgan fingerprint density at radius 2 is 2.12 bits per heavy atom. The van der Waals surface area contributed by atoms with Crippen molar-refractivity contribution in [3.05, 3.63) is 17.0 Å². The topological polar surface area (TPSA) is 55.1 Å². The van der Waals surface area contributed by atoms with E-state index < -0.39 is 0 Å². The van der Waals surface area contributed by atoms with Gasteiger partial charge in [0.1, 0.15) is 5.76 Å². The minimum atomic E-state index is 0.0914. The number of rotatable bonds is 5. The van der Waals surface area contributed by atoms with E-state index in [1.54, 1.807) is 0 Å². The van der Waals surface area contributed by atoms with Gasteiger partial charge in [-0.2, -0.15) is 0 Å². The van der Waals surface area contributed by atoms with Crippen molar-refractivity contribution in [1.82, 2.24) is 10.5 Å². The summed E-state index contributed by atoms with van der Waals surface area (Å²) in [5.41, 5.74) is 1.94. The molecule has 0 saturated carbocycles. The Morgan fingerprint density at radius 1 is 1.44 bits per heavy atom. The summed E-state index contributed by atoms with van der Waals surface area (Å²) in [7, 11) is 0. The molecular weight excluding hydrogens is 204 g/mol. The van der Waals surface area contributed by atoms with E-state index in [0.29, 0.717) is 18.8 Å². The van der Waals surface area contributed by atoms with Crippen LogP contribution in [0.25, 0.3) is 0 Å². The summed E-state index contributed by atoms with van der Waals surface area (Å²) in [5, 5.41) is 6.76. The van der Waals surface area contributed by atoms with Crippen molar-refractivity contribution in [3.63, 3.8) is 0 Å². The SMILES string of the molecule is Cc1noc(C)c1CCC(=O)NCC(C)C. The molecule has 0 aromatic carbocycles. The average molecular weight is 224 g/mol. The zero-order chi connectivity index (χ0) is 12.1. The van der Waals surface area contributed by atoms with Gasteiger partial charge in [0.2, 0.25) is 5.91 Å². The summed E-state index contributed by atoms with van der Waals surface area (Å²) in [6.45, 7) is 8.67. The van der Waals surface area contributed by atoms with Crippen LogP contribution in [0.5, 0.6) is 0 Å². The maximum Gasteiger partial charge on any atom is 0.220 e. The lowest BCUT2D eigenvalue weighted by molar-refractivity contribution is -0.121. The number of hydrogen-bond donors (Lipinski definition) is 1. The summed E-state index contributed by atoms with van der Waals surface area (Å²) < 4.78 is 5.04. The number of carbonyl (C=O) groups is 1. The minimum absolute atomic E-state index is 0.0914. The van der Waals surface area contributed by atoms with Gasteiger partial charge in [-0.1, -0.05) is 19.0 Å². The van der Waals surface area contributed by atoms with Crippen molar-refractivity contribution in [2.24, 2.45) is 5.92 Å². The van der Waals surface area contributed by atoms with E-state index >= 15 is 0 Å². The number of carbonyl (C=O) groups excluding carboxylic acids is 1. The smallest absolute Gasteiger partial charge is 0.220 e. The molecule has 0 atom stereocenters. The summed E-state index contributed by atoms with van der Waals surface area (Å²) in [6.07, 6.45) is 1.20. The first kappa shape index (κ1) is 12.7. The lowest BCUT2D eigenvalue weighted by Crippen LogP contribution is -2.27.